The Bertz CT molecular complexity index is 1090. The predicted octanol–water partition coefficient (Wildman–Crippen LogP) is 2.56. The normalized spacial score (nSPS) is 17.2. The molecule has 0 bridgehead atoms. The number of nitrogens with zero attached hydrogens (tertiary/aromatic N) is 2. The van der Waals surface area contributed by atoms with Gasteiger partial charge < -0.3 is 14.0 Å². The fourth-order valence-electron chi connectivity index (χ4n) is 4.59. The third-order valence-corrected chi connectivity index (χ3v) is 6.96. The number of aromatic nitrogens is 1. The van der Waals surface area contributed by atoms with Crippen molar-refractivity contribution in [3.8, 4) is 11.5 Å². The molecule has 0 aliphatic carbocycles. The zero-order valence-corrected chi connectivity index (χ0v) is 21.0. The van der Waals surface area contributed by atoms with Gasteiger partial charge in [-0.3, -0.25) is 9.69 Å². The Balaban J connectivity index is 1.65. The van der Waals surface area contributed by atoms with Gasteiger partial charge in [-0.1, -0.05) is 6.07 Å². The van der Waals surface area contributed by atoms with Gasteiger partial charge in [-0.25, -0.2) is 13.1 Å². The average molecular weight is 478 g/mol. The number of sulfonamides is 1. The Hall–Kier alpha value is -2.36. The van der Waals surface area contributed by atoms with E-state index in [2.05, 4.69) is 9.29 Å². The number of aryl methyl sites for hydroxylation is 2. The van der Waals surface area contributed by atoms with Crippen LogP contribution in [0.5, 0.6) is 11.5 Å². The highest BCUT2D eigenvalue weighted by Crippen LogP contribution is 2.28. The van der Waals surface area contributed by atoms with Crippen LogP contribution in [0.2, 0.25) is 0 Å². The number of likely N-dealkylation sites (tertiary alicyclic amines) is 1. The average Bonchev–Trinajstić information content (AvgIpc) is 3.04. The molecule has 8 nitrogen and oxygen atoms in total. The van der Waals surface area contributed by atoms with Crippen LogP contribution in [0.1, 0.15) is 40.2 Å². The molecule has 1 aromatic heterocycles. The van der Waals surface area contributed by atoms with E-state index in [9.17, 15) is 13.2 Å². The molecule has 182 valence electrons. The number of ketones is 1. The van der Waals surface area contributed by atoms with Gasteiger partial charge >= 0.3 is 0 Å². The number of Topliss-reactive ketones (excluding diaryl/α,β-unsaturated/α-hetero) is 1. The SMILES string of the molecule is COc1ccc(CCn2c(C)cc(C(=O)CN3CCCC(NS(C)(=O)=O)C3)c2C)cc1OC. The first-order valence-electron chi connectivity index (χ1n) is 11.2. The first kappa shape index (κ1) is 25.3. The molecule has 1 aromatic carbocycles. The Morgan fingerprint density at radius 1 is 1.15 bits per heavy atom. The molecule has 3 rings (SSSR count). The number of benzene rings is 1. The highest BCUT2D eigenvalue weighted by atomic mass is 32.2. The lowest BCUT2D eigenvalue weighted by atomic mass is 10.1. The molecule has 9 heteroatoms. The smallest absolute Gasteiger partial charge is 0.208 e. The van der Waals surface area contributed by atoms with Gasteiger partial charge in [-0.15, -0.1) is 0 Å². The number of ether oxygens (including phenoxy) is 2. The largest absolute Gasteiger partial charge is 0.493 e. The van der Waals surface area contributed by atoms with E-state index in [-0.39, 0.29) is 11.8 Å². The van der Waals surface area contributed by atoms with E-state index in [1.807, 2.05) is 43.0 Å². The van der Waals surface area contributed by atoms with Crippen LogP contribution in [0.15, 0.2) is 24.3 Å². The standard InChI is InChI=1S/C24H35N3O5S/c1-17-13-21(22(28)16-26-11-6-7-20(15-26)25-33(5,29)30)18(2)27(17)12-10-19-8-9-23(31-3)24(14-19)32-4/h8-9,13-14,20,25H,6-7,10-12,15-16H2,1-5H3. The van der Waals surface area contributed by atoms with Crippen molar-refractivity contribution in [1.29, 1.82) is 0 Å². The molecule has 2 heterocycles. The molecule has 1 N–H and O–H groups in total. The number of methoxy groups -OCH3 is 2. The first-order valence-corrected chi connectivity index (χ1v) is 13.1. The number of carbonyl (C=O) groups excluding carboxylic acids is 1. The summed E-state index contributed by atoms with van der Waals surface area (Å²) >= 11 is 0. The maximum Gasteiger partial charge on any atom is 0.208 e. The number of hydrogen-bond donors (Lipinski definition) is 1. The van der Waals surface area contributed by atoms with Crippen LogP contribution in [-0.2, 0) is 23.0 Å². The summed E-state index contributed by atoms with van der Waals surface area (Å²) in [6, 6.07) is 7.73. The van der Waals surface area contributed by atoms with E-state index in [0.29, 0.717) is 24.6 Å². The van der Waals surface area contributed by atoms with E-state index in [0.717, 1.165) is 54.9 Å². The van der Waals surface area contributed by atoms with Crippen molar-refractivity contribution in [2.75, 3.05) is 40.1 Å². The van der Waals surface area contributed by atoms with E-state index in [1.54, 1.807) is 14.2 Å². The van der Waals surface area contributed by atoms with Crippen molar-refractivity contribution >= 4 is 15.8 Å². The van der Waals surface area contributed by atoms with Gasteiger partial charge in [0.05, 0.1) is 27.0 Å². The molecule has 1 saturated heterocycles. The van der Waals surface area contributed by atoms with Crippen molar-refractivity contribution in [1.82, 2.24) is 14.2 Å². The maximum absolute atomic E-state index is 13.1. The van der Waals surface area contributed by atoms with E-state index >= 15 is 0 Å². The van der Waals surface area contributed by atoms with Gasteiger partial charge in [0.25, 0.3) is 0 Å². The van der Waals surface area contributed by atoms with E-state index < -0.39 is 10.0 Å². The van der Waals surface area contributed by atoms with Crippen LogP contribution < -0.4 is 14.2 Å². The Labute approximate surface area is 196 Å². The summed E-state index contributed by atoms with van der Waals surface area (Å²) in [5.41, 5.74) is 3.87. The fraction of sp³-hybridized carbons (Fsp3) is 0.542. The molecule has 0 radical (unpaired) electrons. The predicted molar refractivity (Wildman–Crippen MR) is 129 cm³/mol. The number of hydrogen-bond acceptors (Lipinski definition) is 6. The molecular weight excluding hydrogens is 442 g/mol. The van der Waals surface area contributed by atoms with Gasteiger partial charge in [-0.05, 0) is 63.4 Å². The summed E-state index contributed by atoms with van der Waals surface area (Å²) in [5, 5.41) is 0. The van der Waals surface area contributed by atoms with Crippen LogP contribution in [0, 0.1) is 13.8 Å². The number of carbonyl (C=O) groups is 1. The molecule has 0 amide bonds. The summed E-state index contributed by atoms with van der Waals surface area (Å²) < 4.78 is 38.7. The minimum atomic E-state index is -3.25. The topological polar surface area (TPSA) is 89.9 Å². The molecule has 2 aromatic rings. The molecule has 1 atom stereocenters. The monoisotopic (exact) mass is 477 g/mol. The van der Waals surface area contributed by atoms with Crippen molar-refractivity contribution in [2.45, 2.75) is 45.7 Å². The zero-order chi connectivity index (χ0) is 24.2. The molecule has 1 unspecified atom stereocenters. The van der Waals surface area contributed by atoms with Crippen molar-refractivity contribution < 1.29 is 22.7 Å². The van der Waals surface area contributed by atoms with Crippen LogP contribution in [-0.4, -0.2) is 69.8 Å². The lowest BCUT2D eigenvalue weighted by Crippen LogP contribution is -2.48. The second-order valence-corrected chi connectivity index (χ2v) is 10.5. The maximum atomic E-state index is 13.1. The number of rotatable bonds is 10. The van der Waals surface area contributed by atoms with Crippen LogP contribution >= 0.6 is 0 Å². The summed E-state index contributed by atoms with van der Waals surface area (Å²) in [6.45, 7) is 6.40. The van der Waals surface area contributed by atoms with Crippen molar-refractivity contribution in [2.24, 2.45) is 0 Å². The van der Waals surface area contributed by atoms with Crippen LogP contribution in [0.3, 0.4) is 0 Å². The van der Waals surface area contributed by atoms with Crippen molar-refractivity contribution in [3.05, 3.63) is 46.8 Å². The highest BCUT2D eigenvalue weighted by Gasteiger charge is 2.25. The van der Waals surface area contributed by atoms with Crippen molar-refractivity contribution in [3.63, 3.8) is 0 Å². The molecule has 1 fully saturated rings. The molecular formula is C24H35N3O5S. The minimum Gasteiger partial charge on any atom is -0.493 e. The van der Waals surface area contributed by atoms with Gasteiger partial charge in [0.1, 0.15) is 0 Å². The lowest BCUT2D eigenvalue weighted by molar-refractivity contribution is 0.0904. The van der Waals surface area contributed by atoms with Crippen LogP contribution in [0.4, 0.5) is 0 Å². The second-order valence-electron chi connectivity index (χ2n) is 8.76. The summed E-state index contributed by atoms with van der Waals surface area (Å²) in [5.74, 6) is 1.48. The Morgan fingerprint density at radius 2 is 1.88 bits per heavy atom. The highest BCUT2D eigenvalue weighted by molar-refractivity contribution is 7.88. The van der Waals surface area contributed by atoms with Gasteiger partial charge in [-0.2, -0.15) is 0 Å². The third kappa shape index (κ3) is 6.59. The Kier molecular flexibility index (Phi) is 8.20. The molecule has 0 spiro atoms. The third-order valence-electron chi connectivity index (χ3n) is 6.20. The molecule has 33 heavy (non-hydrogen) atoms. The van der Waals surface area contributed by atoms with Gasteiger partial charge in [0.15, 0.2) is 17.3 Å². The molecule has 1 aliphatic rings. The minimum absolute atomic E-state index is 0.0699. The summed E-state index contributed by atoms with van der Waals surface area (Å²) in [4.78, 5) is 15.1. The number of piperidine rings is 1. The molecule has 0 saturated carbocycles. The van der Waals surface area contributed by atoms with E-state index in [4.69, 9.17) is 9.47 Å². The zero-order valence-electron chi connectivity index (χ0n) is 20.2. The van der Waals surface area contributed by atoms with Gasteiger partial charge in [0.2, 0.25) is 10.0 Å². The first-order chi connectivity index (χ1) is 15.6. The van der Waals surface area contributed by atoms with Gasteiger partial charge in [0, 0.05) is 36.1 Å². The Morgan fingerprint density at radius 3 is 2.55 bits per heavy atom. The quantitative estimate of drug-likeness (QED) is 0.529. The summed E-state index contributed by atoms with van der Waals surface area (Å²) in [7, 11) is -0.00791. The fourth-order valence-corrected chi connectivity index (χ4v) is 5.39. The summed E-state index contributed by atoms with van der Waals surface area (Å²) in [6.07, 6.45) is 3.64. The molecule has 1 aliphatic heterocycles. The van der Waals surface area contributed by atoms with E-state index in [1.165, 1.54) is 6.26 Å². The number of nitrogens with one attached hydrogen (secondary N) is 1. The lowest BCUT2D eigenvalue weighted by Gasteiger charge is -2.32. The van der Waals surface area contributed by atoms with Crippen LogP contribution in [0.25, 0.3) is 0 Å². The second kappa shape index (κ2) is 10.7.